The molecule has 0 heterocycles. The van der Waals surface area contributed by atoms with Crippen LogP contribution < -0.4 is 4.74 Å². The molecule has 0 amide bonds. The van der Waals surface area contributed by atoms with Crippen molar-refractivity contribution in [3.8, 4) is 5.75 Å². The number of carbonyl (C=O) groups excluding carboxylic acids is 2. The quantitative estimate of drug-likeness (QED) is 0.561. The highest BCUT2D eigenvalue weighted by Gasteiger charge is 2.51. The molecule has 0 saturated heterocycles. The molecule has 0 aliphatic carbocycles. The zero-order valence-electron chi connectivity index (χ0n) is 13.8. The summed E-state index contributed by atoms with van der Waals surface area (Å²) in [6.07, 6.45) is -1.64. The van der Waals surface area contributed by atoms with Gasteiger partial charge < -0.3 is 9.47 Å². The van der Waals surface area contributed by atoms with Crippen molar-refractivity contribution in [1.29, 1.82) is 0 Å². The van der Waals surface area contributed by atoms with Gasteiger partial charge in [-0.05, 0) is 38.8 Å². The van der Waals surface area contributed by atoms with E-state index in [1.165, 1.54) is 19.1 Å². The summed E-state index contributed by atoms with van der Waals surface area (Å²) in [6, 6.07) is 7.56. The number of hydrogen-bond acceptors (Lipinski definition) is 4. The van der Waals surface area contributed by atoms with Crippen LogP contribution in [0.4, 0.5) is 8.78 Å². The first kappa shape index (κ1) is 19.1. The Morgan fingerprint density at radius 3 is 2.13 bits per heavy atom. The van der Waals surface area contributed by atoms with Gasteiger partial charge in [0, 0.05) is 0 Å². The van der Waals surface area contributed by atoms with Gasteiger partial charge in [0.05, 0.1) is 5.41 Å². The van der Waals surface area contributed by atoms with E-state index >= 15 is 0 Å². The molecule has 0 bridgehead atoms. The van der Waals surface area contributed by atoms with Crippen LogP contribution in [0.25, 0.3) is 0 Å². The van der Waals surface area contributed by atoms with E-state index in [2.05, 4.69) is 4.74 Å². The average Bonchev–Trinajstić information content (AvgIpc) is 2.52. The van der Waals surface area contributed by atoms with E-state index in [0.29, 0.717) is 6.42 Å². The highest BCUT2D eigenvalue weighted by molar-refractivity contribution is 5.82. The molecule has 0 fully saturated rings. The molecule has 0 saturated carbocycles. The van der Waals surface area contributed by atoms with Crippen LogP contribution in [0.2, 0.25) is 0 Å². The van der Waals surface area contributed by atoms with E-state index in [4.69, 9.17) is 4.74 Å². The standard InChI is InChI=1S/C17H22F2O4/c1-5-13(23-14(20)16(3,4)6-2)17(18,19)15(21)22-12-10-8-7-9-11-12/h7-11,13H,5-6H2,1-4H3. The van der Waals surface area contributed by atoms with Gasteiger partial charge in [-0.25, -0.2) is 4.79 Å². The van der Waals surface area contributed by atoms with Gasteiger partial charge in [-0.15, -0.1) is 0 Å². The number of benzene rings is 1. The van der Waals surface area contributed by atoms with Crippen molar-refractivity contribution in [3.05, 3.63) is 30.3 Å². The first-order chi connectivity index (χ1) is 10.6. The molecule has 23 heavy (non-hydrogen) atoms. The number of carbonyl (C=O) groups is 2. The third-order valence-corrected chi connectivity index (χ3v) is 3.69. The summed E-state index contributed by atoms with van der Waals surface area (Å²) >= 11 is 0. The molecule has 0 aliphatic heterocycles. The van der Waals surface area contributed by atoms with E-state index in [1.54, 1.807) is 39.0 Å². The molecule has 1 aromatic rings. The lowest BCUT2D eigenvalue weighted by Gasteiger charge is -2.28. The lowest BCUT2D eigenvalue weighted by atomic mass is 9.90. The lowest BCUT2D eigenvalue weighted by Crippen LogP contribution is -2.47. The van der Waals surface area contributed by atoms with E-state index in [9.17, 15) is 18.4 Å². The fourth-order valence-corrected chi connectivity index (χ4v) is 1.64. The SMILES string of the molecule is CCC(OC(=O)C(C)(C)CC)C(F)(F)C(=O)Oc1ccccc1. The number of halogens is 2. The predicted octanol–water partition coefficient (Wildman–Crippen LogP) is 3.99. The molecule has 1 unspecified atom stereocenters. The Kier molecular flexibility index (Phi) is 6.24. The van der Waals surface area contributed by atoms with Gasteiger partial charge in [-0.2, -0.15) is 8.78 Å². The van der Waals surface area contributed by atoms with Crippen molar-refractivity contribution in [3.63, 3.8) is 0 Å². The van der Waals surface area contributed by atoms with Crippen molar-refractivity contribution in [1.82, 2.24) is 0 Å². The molecule has 1 rings (SSSR count). The maximum absolute atomic E-state index is 14.3. The first-order valence-electron chi connectivity index (χ1n) is 7.51. The van der Waals surface area contributed by atoms with Gasteiger partial charge in [-0.1, -0.05) is 32.0 Å². The van der Waals surface area contributed by atoms with Crippen LogP contribution in [-0.2, 0) is 14.3 Å². The zero-order chi connectivity index (χ0) is 17.7. The van der Waals surface area contributed by atoms with Crippen LogP contribution in [0, 0.1) is 5.41 Å². The zero-order valence-corrected chi connectivity index (χ0v) is 13.8. The summed E-state index contributed by atoms with van der Waals surface area (Å²) < 4.78 is 38.1. The van der Waals surface area contributed by atoms with Gasteiger partial charge >= 0.3 is 17.9 Å². The minimum Gasteiger partial charge on any atom is -0.455 e. The summed E-state index contributed by atoms with van der Waals surface area (Å²) in [6.45, 7) is 6.37. The topological polar surface area (TPSA) is 52.6 Å². The number of alkyl halides is 2. The second-order valence-corrected chi connectivity index (χ2v) is 5.87. The van der Waals surface area contributed by atoms with Crippen molar-refractivity contribution >= 4 is 11.9 Å². The molecular formula is C17H22F2O4. The van der Waals surface area contributed by atoms with E-state index in [1.807, 2.05) is 0 Å². The molecule has 0 spiro atoms. The maximum atomic E-state index is 14.3. The average molecular weight is 328 g/mol. The third-order valence-electron chi connectivity index (χ3n) is 3.69. The number of rotatable bonds is 7. The summed E-state index contributed by atoms with van der Waals surface area (Å²) in [4.78, 5) is 23.8. The molecule has 4 nitrogen and oxygen atoms in total. The molecule has 0 radical (unpaired) electrons. The molecule has 0 N–H and O–H groups in total. The molecular weight excluding hydrogens is 306 g/mol. The molecule has 1 atom stereocenters. The Morgan fingerprint density at radius 1 is 1.09 bits per heavy atom. The second kappa shape index (κ2) is 7.53. The normalized spacial score (nSPS) is 13.3. The van der Waals surface area contributed by atoms with Crippen molar-refractivity contribution in [2.24, 2.45) is 5.41 Å². The Morgan fingerprint density at radius 2 is 1.65 bits per heavy atom. The Hall–Kier alpha value is -1.98. The Bertz CT molecular complexity index is 541. The Balaban J connectivity index is 2.85. The summed E-state index contributed by atoms with van der Waals surface area (Å²) in [5.41, 5.74) is -0.896. The van der Waals surface area contributed by atoms with Crippen LogP contribution in [0.15, 0.2) is 30.3 Å². The van der Waals surface area contributed by atoms with Crippen LogP contribution in [-0.4, -0.2) is 24.0 Å². The first-order valence-corrected chi connectivity index (χ1v) is 7.51. The molecule has 1 aromatic carbocycles. The highest BCUT2D eigenvalue weighted by atomic mass is 19.3. The van der Waals surface area contributed by atoms with Crippen LogP contribution in [0.5, 0.6) is 5.75 Å². The van der Waals surface area contributed by atoms with Crippen molar-refractivity contribution in [2.45, 2.75) is 52.6 Å². The van der Waals surface area contributed by atoms with E-state index < -0.39 is 29.4 Å². The van der Waals surface area contributed by atoms with Crippen molar-refractivity contribution < 1.29 is 27.8 Å². The van der Waals surface area contributed by atoms with Gasteiger partial charge in [0.25, 0.3) is 0 Å². The second-order valence-electron chi connectivity index (χ2n) is 5.87. The minimum absolute atomic E-state index is 0.00671. The summed E-state index contributed by atoms with van der Waals surface area (Å²) in [5, 5.41) is 0. The Labute approximate surface area is 134 Å². The van der Waals surface area contributed by atoms with Crippen LogP contribution >= 0.6 is 0 Å². The van der Waals surface area contributed by atoms with Gasteiger partial charge in [0.2, 0.25) is 0 Å². The van der Waals surface area contributed by atoms with Gasteiger partial charge in [0.1, 0.15) is 5.75 Å². The minimum atomic E-state index is -3.93. The van der Waals surface area contributed by atoms with Crippen molar-refractivity contribution in [2.75, 3.05) is 0 Å². The monoisotopic (exact) mass is 328 g/mol. The number of para-hydroxylation sites is 1. The predicted molar refractivity (Wildman–Crippen MR) is 81.3 cm³/mol. The number of hydrogen-bond donors (Lipinski definition) is 0. The fourth-order valence-electron chi connectivity index (χ4n) is 1.64. The summed E-state index contributed by atoms with van der Waals surface area (Å²) in [5.74, 6) is -6.42. The van der Waals surface area contributed by atoms with Gasteiger partial charge in [0.15, 0.2) is 6.10 Å². The molecule has 0 aliphatic rings. The van der Waals surface area contributed by atoms with E-state index in [-0.39, 0.29) is 12.2 Å². The van der Waals surface area contributed by atoms with Crippen LogP contribution in [0.1, 0.15) is 40.5 Å². The largest absolute Gasteiger partial charge is 0.455 e. The highest BCUT2D eigenvalue weighted by Crippen LogP contribution is 2.30. The molecule has 128 valence electrons. The van der Waals surface area contributed by atoms with Crippen LogP contribution in [0.3, 0.4) is 0 Å². The fraction of sp³-hybridized carbons (Fsp3) is 0.529. The lowest BCUT2D eigenvalue weighted by molar-refractivity contribution is -0.196. The van der Waals surface area contributed by atoms with Gasteiger partial charge in [-0.3, -0.25) is 4.79 Å². The summed E-state index contributed by atoms with van der Waals surface area (Å²) in [7, 11) is 0. The molecule has 6 heteroatoms. The maximum Gasteiger partial charge on any atom is 0.386 e. The number of ether oxygens (including phenoxy) is 2. The number of esters is 2. The third kappa shape index (κ3) is 4.74. The smallest absolute Gasteiger partial charge is 0.386 e. The molecule has 0 aromatic heterocycles. The van der Waals surface area contributed by atoms with E-state index in [0.717, 1.165) is 0 Å².